The fraction of sp³-hybridized carbons (Fsp3) is 0.308. The van der Waals surface area contributed by atoms with E-state index >= 15 is 0 Å². The average Bonchev–Trinajstić information content (AvgIpc) is 2.72. The summed E-state index contributed by atoms with van der Waals surface area (Å²) in [4.78, 5) is 7.00. The van der Waals surface area contributed by atoms with Gasteiger partial charge in [0.25, 0.3) is 0 Å². The third-order valence-corrected chi connectivity index (χ3v) is 2.94. The van der Waals surface area contributed by atoms with Crippen molar-refractivity contribution in [2.24, 2.45) is 0 Å². The van der Waals surface area contributed by atoms with Gasteiger partial charge in [0, 0.05) is 11.4 Å². The first-order valence-corrected chi connectivity index (χ1v) is 5.78. The number of imidazole rings is 1. The first-order chi connectivity index (χ1) is 8.88. The van der Waals surface area contributed by atoms with E-state index in [1.807, 2.05) is 6.92 Å². The number of halogens is 3. The second-order valence-electron chi connectivity index (χ2n) is 4.36. The molecule has 6 heteroatoms. The third-order valence-electron chi connectivity index (χ3n) is 2.94. The highest BCUT2D eigenvalue weighted by Crippen LogP contribution is 2.33. The molecule has 2 rings (SSSR count). The Morgan fingerprint density at radius 3 is 2.58 bits per heavy atom. The van der Waals surface area contributed by atoms with E-state index in [1.165, 1.54) is 13.0 Å². The van der Waals surface area contributed by atoms with Crippen molar-refractivity contribution in [3.8, 4) is 0 Å². The number of aromatic nitrogens is 2. The number of aromatic amines is 1. The molecule has 1 heterocycles. The molecule has 0 atom stereocenters. The van der Waals surface area contributed by atoms with Crippen LogP contribution in [0, 0.1) is 13.8 Å². The van der Waals surface area contributed by atoms with Crippen LogP contribution in [0.3, 0.4) is 0 Å². The summed E-state index contributed by atoms with van der Waals surface area (Å²) in [5.74, 6) is 0. The Kier molecular flexibility index (Phi) is 3.50. The molecule has 0 saturated heterocycles. The zero-order chi connectivity index (χ0) is 14.0. The normalized spacial score (nSPS) is 11.6. The fourth-order valence-electron chi connectivity index (χ4n) is 1.79. The van der Waals surface area contributed by atoms with Crippen LogP contribution in [0.2, 0.25) is 0 Å². The summed E-state index contributed by atoms with van der Waals surface area (Å²) in [6.07, 6.45) is -2.77. The molecule has 0 unspecified atom stereocenters. The molecule has 19 heavy (non-hydrogen) atoms. The van der Waals surface area contributed by atoms with E-state index in [1.54, 1.807) is 12.4 Å². The van der Waals surface area contributed by atoms with Gasteiger partial charge in [-0.25, -0.2) is 4.98 Å². The van der Waals surface area contributed by atoms with E-state index in [2.05, 4.69) is 15.3 Å². The zero-order valence-electron chi connectivity index (χ0n) is 10.6. The lowest BCUT2D eigenvalue weighted by atomic mass is 10.1. The number of aryl methyl sites for hydroxylation is 2. The molecular formula is C13H14F3N3. The van der Waals surface area contributed by atoms with Crippen LogP contribution < -0.4 is 5.32 Å². The minimum Gasteiger partial charge on any atom is -0.379 e. The maximum absolute atomic E-state index is 12.8. The van der Waals surface area contributed by atoms with E-state index in [9.17, 15) is 13.2 Å². The van der Waals surface area contributed by atoms with Crippen molar-refractivity contribution in [2.45, 2.75) is 26.6 Å². The highest BCUT2D eigenvalue weighted by molar-refractivity contribution is 5.49. The predicted molar refractivity (Wildman–Crippen MR) is 66.8 cm³/mol. The summed E-state index contributed by atoms with van der Waals surface area (Å²) in [6.45, 7) is 3.69. The molecule has 102 valence electrons. The molecule has 0 aliphatic carbocycles. The number of alkyl halides is 3. The van der Waals surface area contributed by atoms with E-state index in [4.69, 9.17) is 0 Å². The Labute approximate surface area is 108 Å². The Bertz CT molecular complexity index is 573. The Balaban J connectivity index is 2.16. The molecule has 0 saturated carbocycles. The molecule has 0 aliphatic rings. The summed E-state index contributed by atoms with van der Waals surface area (Å²) in [7, 11) is 0. The Morgan fingerprint density at radius 1 is 1.26 bits per heavy atom. The summed E-state index contributed by atoms with van der Waals surface area (Å²) < 4.78 is 38.3. The van der Waals surface area contributed by atoms with E-state index in [0.29, 0.717) is 12.2 Å². The van der Waals surface area contributed by atoms with Crippen LogP contribution in [0.4, 0.5) is 18.9 Å². The van der Waals surface area contributed by atoms with E-state index in [0.717, 1.165) is 17.5 Å². The summed E-state index contributed by atoms with van der Waals surface area (Å²) in [6, 6.07) is 4.21. The second-order valence-corrected chi connectivity index (χ2v) is 4.36. The molecule has 0 amide bonds. The minimum absolute atomic E-state index is 0.217. The maximum atomic E-state index is 12.8. The van der Waals surface area contributed by atoms with Crippen molar-refractivity contribution in [2.75, 3.05) is 5.32 Å². The van der Waals surface area contributed by atoms with Gasteiger partial charge in [-0.3, -0.25) is 0 Å². The van der Waals surface area contributed by atoms with Gasteiger partial charge in [-0.2, -0.15) is 13.2 Å². The maximum Gasteiger partial charge on any atom is 0.416 e. The van der Waals surface area contributed by atoms with Gasteiger partial charge in [0.1, 0.15) is 0 Å². The van der Waals surface area contributed by atoms with E-state index in [-0.39, 0.29) is 5.56 Å². The Hall–Kier alpha value is -1.98. The lowest BCUT2D eigenvalue weighted by Crippen LogP contribution is -2.09. The smallest absolute Gasteiger partial charge is 0.379 e. The van der Waals surface area contributed by atoms with Crippen molar-refractivity contribution in [3.05, 3.63) is 47.0 Å². The van der Waals surface area contributed by atoms with Gasteiger partial charge in [-0.05, 0) is 31.5 Å². The van der Waals surface area contributed by atoms with Gasteiger partial charge < -0.3 is 10.3 Å². The summed E-state index contributed by atoms with van der Waals surface area (Å²) in [5, 5.41) is 2.95. The molecule has 0 aliphatic heterocycles. The lowest BCUT2D eigenvalue weighted by Gasteiger charge is -2.13. The van der Waals surface area contributed by atoms with Crippen LogP contribution >= 0.6 is 0 Å². The topological polar surface area (TPSA) is 40.7 Å². The SMILES string of the molecule is Cc1ccc(NCc2nc[nH]c2C)cc1C(F)(F)F. The van der Waals surface area contributed by atoms with Crippen LogP contribution in [0.25, 0.3) is 0 Å². The molecule has 3 nitrogen and oxygen atoms in total. The van der Waals surface area contributed by atoms with Crippen molar-refractivity contribution in [1.29, 1.82) is 0 Å². The molecule has 0 fully saturated rings. The molecule has 1 aromatic carbocycles. The lowest BCUT2D eigenvalue weighted by molar-refractivity contribution is -0.138. The Morgan fingerprint density at radius 2 is 2.00 bits per heavy atom. The quantitative estimate of drug-likeness (QED) is 0.892. The molecule has 2 aromatic rings. The van der Waals surface area contributed by atoms with Gasteiger partial charge in [-0.1, -0.05) is 6.07 Å². The van der Waals surface area contributed by atoms with Gasteiger partial charge >= 0.3 is 6.18 Å². The first-order valence-electron chi connectivity index (χ1n) is 5.78. The predicted octanol–water partition coefficient (Wildman–Crippen LogP) is 3.66. The fourth-order valence-corrected chi connectivity index (χ4v) is 1.79. The standard InChI is InChI=1S/C13H14F3N3/c1-8-3-4-10(5-11(8)13(14,15)16)17-6-12-9(2)18-7-19-12/h3-5,7,17H,6H2,1-2H3,(H,18,19). The highest BCUT2D eigenvalue weighted by atomic mass is 19.4. The van der Waals surface area contributed by atoms with Crippen molar-refractivity contribution in [3.63, 3.8) is 0 Å². The molecule has 2 N–H and O–H groups in total. The molecule has 0 radical (unpaired) electrons. The van der Waals surface area contributed by atoms with Crippen LogP contribution in [-0.2, 0) is 12.7 Å². The number of hydrogen-bond donors (Lipinski definition) is 2. The minimum atomic E-state index is -4.33. The van der Waals surface area contributed by atoms with Gasteiger partial charge in [0.2, 0.25) is 0 Å². The van der Waals surface area contributed by atoms with Gasteiger partial charge in [0.05, 0.1) is 24.1 Å². The molecule has 1 aromatic heterocycles. The van der Waals surface area contributed by atoms with Crippen LogP contribution in [0.5, 0.6) is 0 Å². The highest BCUT2D eigenvalue weighted by Gasteiger charge is 2.32. The number of H-pyrrole nitrogens is 1. The summed E-state index contributed by atoms with van der Waals surface area (Å²) >= 11 is 0. The number of benzene rings is 1. The second kappa shape index (κ2) is 4.95. The largest absolute Gasteiger partial charge is 0.416 e. The monoisotopic (exact) mass is 269 g/mol. The van der Waals surface area contributed by atoms with Crippen LogP contribution in [-0.4, -0.2) is 9.97 Å². The van der Waals surface area contributed by atoms with Crippen molar-refractivity contribution in [1.82, 2.24) is 9.97 Å². The number of anilines is 1. The van der Waals surface area contributed by atoms with Crippen molar-refractivity contribution < 1.29 is 13.2 Å². The van der Waals surface area contributed by atoms with Crippen LogP contribution in [0.15, 0.2) is 24.5 Å². The van der Waals surface area contributed by atoms with Crippen molar-refractivity contribution >= 4 is 5.69 Å². The third kappa shape index (κ3) is 3.07. The number of hydrogen-bond acceptors (Lipinski definition) is 2. The average molecular weight is 269 g/mol. The van der Waals surface area contributed by atoms with Gasteiger partial charge in [-0.15, -0.1) is 0 Å². The molecule has 0 spiro atoms. The number of rotatable bonds is 3. The van der Waals surface area contributed by atoms with E-state index < -0.39 is 11.7 Å². The zero-order valence-corrected chi connectivity index (χ0v) is 10.6. The summed E-state index contributed by atoms with van der Waals surface area (Å²) in [5.41, 5.74) is 1.72. The number of nitrogens with zero attached hydrogens (tertiary/aromatic N) is 1. The first kappa shape index (κ1) is 13.5. The molecular weight excluding hydrogens is 255 g/mol. The van der Waals surface area contributed by atoms with Crippen LogP contribution in [0.1, 0.15) is 22.5 Å². The number of nitrogens with one attached hydrogen (secondary N) is 2. The van der Waals surface area contributed by atoms with Gasteiger partial charge in [0.15, 0.2) is 0 Å². The molecule has 0 bridgehead atoms.